The molecule has 0 fully saturated rings. The van der Waals surface area contributed by atoms with Gasteiger partial charge in [0.25, 0.3) is 0 Å². The van der Waals surface area contributed by atoms with Crippen LogP contribution in [0.4, 0.5) is 4.39 Å². The van der Waals surface area contributed by atoms with Crippen molar-refractivity contribution in [2.45, 2.75) is 26.8 Å². The summed E-state index contributed by atoms with van der Waals surface area (Å²) >= 11 is 0. The number of benzene rings is 1. The van der Waals surface area contributed by atoms with Gasteiger partial charge in [0.15, 0.2) is 0 Å². The highest BCUT2D eigenvalue weighted by atomic mass is 19.1. The first-order valence-corrected chi connectivity index (χ1v) is 7.16. The summed E-state index contributed by atoms with van der Waals surface area (Å²) in [4.78, 5) is 20.0. The van der Waals surface area contributed by atoms with Crippen LogP contribution in [0.1, 0.15) is 17.3 Å². The third-order valence-electron chi connectivity index (χ3n) is 3.45. The number of rotatable bonds is 4. The molecule has 7 heteroatoms. The molecule has 0 saturated heterocycles. The summed E-state index contributed by atoms with van der Waals surface area (Å²) < 4.78 is 19.9. The Kier molecular flexibility index (Phi) is 4.01. The van der Waals surface area contributed by atoms with Crippen LogP contribution in [-0.2, 0) is 13.0 Å². The molecule has 0 bridgehead atoms. The van der Waals surface area contributed by atoms with Crippen molar-refractivity contribution in [3.63, 3.8) is 0 Å². The fourth-order valence-corrected chi connectivity index (χ4v) is 2.36. The first kappa shape index (κ1) is 15.1. The van der Waals surface area contributed by atoms with Crippen LogP contribution >= 0.6 is 0 Å². The van der Waals surface area contributed by atoms with E-state index < -0.39 is 0 Å². The van der Waals surface area contributed by atoms with Gasteiger partial charge in [0.05, 0.1) is 0 Å². The summed E-state index contributed by atoms with van der Waals surface area (Å²) in [6, 6.07) is 7.82. The quantitative estimate of drug-likeness (QED) is 0.738. The molecule has 1 aromatic carbocycles. The molecule has 2 aromatic heterocycles. The minimum absolute atomic E-state index is 0.299. The summed E-state index contributed by atoms with van der Waals surface area (Å²) in [6.07, 6.45) is 0.397. The fourth-order valence-electron chi connectivity index (χ4n) is 2.36. The number of aryl methyl sites for hydroxylation is 3. The van der Waals surface area contributed by atoms with Crippen LogP contribution in [-0.4, -0.2) is 19.7 Å². The number of nitrogens with zero attached hydrogens (tertiary/aromatic N) is 4. The molecule has 2 heterocycles. The van der Waals surface area contributed by atoms with Gasteiger partial charge in [-0.05, 0) is 32.0 Å². The van der Waals surface area contributed by atoms with Crippen molar-refractivity contribution in [1.29, 1.82) is 0 Å². The molecule has 0 N–H and O–H groups in total. The van der Waals surface area contributed by atoms with E-state index in [2.05, 4.69) is 15.1 Å². The maximum absolute atomic E-state index is 13.2. The van der Waals surface area contributed by atoms with Gasteiger partial charge in [0.1, 0.15) is 5.82 Å². The molecule has 3 rings (SSSR count). The molecule has 3 aromatic rings. The van der Waals surface area contributed by atoms with Gasteiger partial charge >= 0.3 is 5.69 Å². The van der Waals surface area contributed by atoms with E-state index in [0.29, 0.717) is 35.9 Å². The Balaban J connectivity index is 1.77. The van der Waals surface area contributed by atoms with Crippen LogP contribution < -0.4 is 5.69 Å². The molecule has 0 radical (unpaired) electrons. The highest BCUT2D eigenvalue weighted by molar-refractivity contribution is 5.53. The first-order valence-electron chi connectivity index (χ1n) is 7.16. The Labute approximate surface area is 131 Å². The van der Waals surface area contributed by atoms with E-state index >= 15 is 0 Å². The highest BCUT2D eigenvalue weighted by Gasteiger charge is 2.10. The molecule has 0 atom stereocenters. The molecule has 23 heavy (non-hydrogen) atoms. The zero-order valence-electron chi connectivity index (χ0n) is 12.8. The molecule has 0 aliphatic rings. The fraction of sp³-hybridized carbons (Fsp3) is 0.250. The third kappa shape index (κ3) is 3.33. The van der Waals surface area contributed by atoms with Crippen LogP contribution in [0.15, 0.2) is 39.6 Å². The van der Waals surface area contributed by atoms with Gasteiger partial charge in [-0.15, -0.1) is 0 Å². The van der Waals surface area contributed by atoms with E-state index in [9.17, 15) is 9.18 Å². The lowest BCUT2D eigenvalue weighted by Gasteiger charge is -2.07. The monoisotopic (exact) mass is 314 g/mol. The molecular formula is C16H15FN4O2. The first-order chi connectivity index (χ1) is 11.0. The van der Waals surface area contributed by atoms with Crippen molar-refractivity contribution >= 4 is 0 Å². The Morgan fingerprint density at radius 1 is 1.22 bits per heavy atom. The molecule has 0 saturated carbocycles. The second-order valence-electron chi connectivity index (χ2n) is 5.25. The minimum atomic E-state index is -0.359. The van der Waals surface area contributed by atoms with E-state index in [4.69, 9.17) is 4.52 Å². The summed E-state index contributed by atoms with van der Waals surface area (Å²) in [7, 11) is 0. The smallest absolute Gasteiger partial charge is 0.339 e. The Hall–Kier alpha value is -2.83. The van der Waals surface area contributed by atoms with Crippen molar-refractivity contribution < 1.29 is 8.91 Å². The SMILES string of the molecule is Cc1cc(C)n(CCc2nc(-c3cccc(F)c3)no2)c(=O)n1. The molecular weight excluding hydrogens is 299 g/mol. The summed E-state index contributed by atoms with van der Waals surface area (Å²) in [5.74, 6) is 0.350. The molecule has 118 valence electrons. The predicted molar refractivity (Wildman–Crippen MR) is 81.4 cm³/mol. The van der Waals surface area contributed by atoms with E-state index in [0.717, 1.165) is 5.69 Å². The number of hydrogen-bond donors (Lipinski definition) is 0. The third-order valence-corrected chi connectivity index (χ3v) is 3.45. The van der Waals surface area contributed by atoms with Crippen molar-refractivity contribution in [1.82, 2.24) is 19.7 Å². The molecule has 0 amide bonds. The van der Waals surface area contributed by atoms with Gasteiger partial charge in [-0.1, -0.05) is 17.3 Å². The van der Waals surface area contributed by atoms with E-state index in [-0.39, 0.29) is 11.5 Å². The van der Waals surface area contributed by atoms with Gasteiger partial charge in [0.2, 0.25) is 11.7 Å². The topological polar surface area (TPSA) is 73.8 Å². The van der Waals surface area contributed by atoms with E-state index in [1.807, 2.05) is 13.0 Å². The van der Waals surface area contributed by atoms with Crippen LogP contribution in [0.25, 0.3) is 11.4 Å². The van der Waals surface area contributed by atoms with Crippen molar-refractivity contribution in [3.8, 4) is 11.4 Å². The lowest BCUT2D eigenvalue weighted by atomic mass is 10.2. The lowest BCUT2D eigenvalue weighted by Crippen LogP contribution is -2.26. The number of hydrogen-bond acceptors (Lipinski definition) is 5. The highest BCUT2D eigenvalue weighted by Crippen LogP contribution is 2.17. The Morgan fingerprint density at radius 3 is 2.78 bits per heavy atom. The second kappa shape index (κ2) is 6.12. The van der Waals surface area contributed by atoms with Gasteiger partial charge < -0.3 is 4.52 Å². The maximum atomic E-state index is 13.2. The van der Waals surface area contributed by atoms with Crippen LogP contribution in [0, 0.1) is 19.7 Å². The van der Waals surface area contributed by atoms with Gasteiger partial charge in [-0.25, -0.2) is 9.18 Å². The minimum Gasteiger partial charge on any atom is -0.339 e. The normalized spacial score (nSPS) is 10.9. The lowest BCUT2D eigenvalue weighted by molar-refractivity contribution is 0.370. The Morgan fingerprint density at radius 2 is 2.04 bits per heavy atom. The standard InChI is InChI=1S/C16H15FN4O2/c1-10-8-11(2)21(16(22)18-10)7-6-14-19-15(20-23-14)12-4-3-5-13(17)9-12/h3-5,8-9H,6-7H2,1-2H3. The summed E-state index contributed by atoms with van der Waals surface area (Å²) in [5.41, 5.74) is 1.76. The van der Waals surface area contributed by atoms with Gasteiger partial charge in [0, 0.05) is 29.9 Å². The van der Waals surface area contributed by atoms with Crippen LogP contribution in [0.3, 0.4) is 0 Å². The zero-order chi connectivity index (χ0) is 16.4. The van der Waals surface area contributed by atoms with Crippen molar-refractivity contribution in [2.75, 3.05) is 0 Å². The zero-order valence-corrected chi connectivity index (χ0v) is 12.8. The number of aromatic nitrogens is 4. The van der Waals surface area contributed by atoms with Crippen molar-refractivity contribution in [3.05, 3.63) is 63.9 Å². The largest absolute Gasteiger partial charge is 0.347 e. The predicted octanol–water partition coefficient (Wildman–Crippen LogP) is 2.29. The van der Waals surface area contributed by atoms with Gasteiger partial charge in [-0.3, -0.25) is 4.57 Å². The van der Waals surface area contributed by atoms with Crippen LogP contribution in [0.2, 0.25) is 0 Å². The Bertz CT molecular complexity index is 901. The molecule has 0 unspecified atom stereocenters. The molecule has 0 aliphatic carbocycles. The average Bonchev–Trinajstić information content (AvgIpc) is 2.95. The molecule has 6 nitrogen and oxygen atoms in total. The van der Waals surface area contributed by atoms with Gasteiger partial charge in [-0.2, -0.15) is 9.97 Å². The number of halogens is 1. The summed E-state index contributed by atoms with van der Waals surface area (Å²) in [5, 5.41) is 3.84. The molecule has 0 aliphatic heterocycles. The van der Waals surface area contributed by atoms with Crippen LogP contribution in [0.5, 0.6) is 0 Å². The van der Waals surface area contributed by atoms with Crippen molar-refractivity contribution in [2.24, 2.45) is 0 Å². The van der Waals surface area contributed by atoms with E-state index in [1.165, 1.54) is 12.1 Å². The second-order valence-corrected chi connectivity index (χ2v) is 5.25. The molecule has 0 spiro atoms. The summed E-state index contributed by atoms with van der Waals surface area (Å²) in [6.45, 7) is 4.02. The average molecular weight is 314 g/mol. The maximum Gasteiger partial charge on any atom is 0.347 e. The van der Waals surface area contributed by atoms with E-state index in [1.54, 1.807) is 23.6 Å².